The van der Waals surface area contributed by atoms with Gasteiger partial charge in [-0.2, -0.15) is 0 Å². The summed E-state index contributed by atoms with van der Waals surface area (Å²) in [7, 11) is 0. The summed E-state index contributed by atoms with van der Waals surface area (Å²) in [5.41, 5.74) is 0.274. The van der Waals surface area contributed by atoms with Gasteiger partial charge < -0.3 is 4.74 Å². The van der Waals surface area contributed by atoms with E-state index in [1.165, 1.54) is 0 Å². The molecule has 1 rings (SSSR count). The predicted molar refractivity (Wildman–Crippen MR) is 47.7 cm³/mol. The van der Waals surface area contributed by atoms with Crippen LogP contribution in [0, 0.1) is 5.41 Å². The minimum Gasteiger partial charge on any atom is -0.487 e. The average Bonchev–Trinajstić information content (AvgIpc) is 2.15. The molecule has 0 spiro atoms. The van der Waals surface area contributed by atoms with Crippen LogP contribution in [-0.4, -0.2) is 11.4 Å². The molecule has 0 bridgehead atoms. The van der Waals surface area contributed by atoms with Crippen molar-refractivity contribution in [2.24, 2.45) is 5.41 Å². The molecule has 0 amide bonds. The number of hydrogen-bond donors (Lipinski definition) is 0. The number of rotatable bonds is 1. The Hall–Kier alpha value is -0.790. The molecule has 0 saturated heterocycles. The third-order valence-corrected chi connectivity index (χ3v) is 3.32. The van der Waals surface area contributed by atoms with E-state index in [1.807, 2.05) is 27.7 Å². The van der Waals surface area contributed by atoms with Crippen molar-refractivity contribution in [3.8, 4) is 0 Å². The van der Waals surface area contributed by atoms with Gasteiger partial charge in [-0.15, -0.1) is 0 Å². The predicted octanol–water partition coefficient (Wildman–Crippen LogP) is 2.29. The fraction of sp³-hybridized carbons (Fsp3) is 0.700. The van der Waals surface area contributed by atoms with Gasteiger partial charge in [0.2, 0.25) is 0 Å². The maximum atomic E-state index is 11.4. The summed E-state index contributed by atoms with van der Waals surface area (Å²) < 4.78 is 5.42. The molecule has 2 heteroatoms. The third-order valence-electron chi connectivity index (χ3n) is 3.32. The van der Waals surface area contributed by atoms with E-state index in [9.17, 15) is 4.79 Å². The third kappa shape index (κ3) is 0.904. The van der Waals surface area contributed by atoms with Crippen LogP contribution in [0.25, 0.3) is 0 Å². The van der Waals surface area contributed by atoms with E-state index in [4.69, 9.17) is 4.74 Å². The highest BCUT2D eigenvalue weighted by Crippen LogP contribution is 2.46. The molecule has 1 unspecified atom stereocenters. The minimum absolute atomic E-state index is 0.0839. The lowest BCUT2D eigenvalue weighted by Gasteiger charge is -2.35. The van der Waals surface area contributed by atoms with Gasteiger partial charge in [-0.05, 0) is 26.3 Å². The first kappa shape index (κ1) is 9.30. The second kappa shape index (κ2) is 2.35. The highest BCUT2D eigenvalue weighted by molar-refractivity contribution is 5.86. The minimum atomic E-state index is -0.670. The molecule has 2 nitrogen and oxygen atoms in total. The molecule has 0 fully saturated rings. The lowest BCUT2D eigenvalue weighted by atomic mass is 9.71. The van der Waals surface area contributed by atoms with E-state index in [1.54, 1.807) is 13.2 Å². The summed E-state index contributed by atoms with van der Waals surface area (Å²) in [6, 6.07) is 0. The van der Waals surface area contributed by atoms with Crippen molar-refractivity contribution in [3.05, 3.63) is 11.8 Å². The summed E-state index contributed by atoms with van der Waals surface area (Å²) in [6.45, 7) is 9.49. The van der Waals surface area contributed by atoms with Gasteiger partial charge in [-0.25, -0.2) is 0 Å². The molecule has 0 saturated carbocycles. The van der Waals surface area contributed by atoms with Crippen molar-refractivity contribution in [1.82, 2.24) is 0 Å². The summed E-state index contributed by atoms with van der Waals surface area (Å²) in [6.07, 6.45) is 1.70. The number of ether oxygens (including phenoxy) is 1. The zero-order chi connectivity index (χ0) is 9.57. The van der Waals surface area contributed by atoms with Gasteiger partial charge in [-0.3, -0.25) is 4.79 Å². The molecule has 0 aromatic heterocycles. The maximum Gasteiger partial charge on any atom is 0.173 e. The molecule has 0 aliphatic carbocycles. The number of carbonyl (C=O) groups is 1. The molecule has 1 aliphatic rings. The Labute approximate surface area is 73.6 Å². The molecule has 1 atom stereocenters. The van der Waals surface area contributed by atoms with Gasteiger partial charge in [0.1, 0.15) is 0 Å². The van der Waals surface area contributed by atoms with E-state index < -0.39 is 5.60 Å². The fourth-order valence-corrected chi connectivity index (χ4v) is 1.40. The first-order chi connectivity index (χ1) is 5.32. The van der Waals surface area contributed by atoms with E-state index in [-0.39, 0.29) is 11.2 Å². The van der Waals surface area contributed by atoms with Crippen LogP contribution in [0.2, 0.25) is 0 Å². The lowest BCUT2D eigenvalue weighted by Crippen LogP contribution is -2.46. The normalized spacial score (nSPS) is 32.6. The van der Waals surface area contributed by atoms with Crippen LogP contribution in [0.1, 0.15) is 34.6 Å². The Bertz CT molecular complexity index is 251. The quantitative estimate of drug-likeness (QED) is 0.600. The molecule has 68 valence electrons. The molecule has 0 radical (unpaired) electrons. The number of carbonyl (C=O) groups excluding carboxylic acids is 1. The van der Waals surface area contributed by atoms with E-state index >= 15 is 0 Å². The SMILES string of the molecule is CC(=O)C1(C)OC=C(C)C1(C)C. The van der Waals surface area contributed by atoms with Gasteiger partial charge in [0.05, 0.1) is 6.26 Å². The first-order valence-corrected chi connectivity index (χ1v) is 4.18. The van der Waals surface area contributed by atoms with Crippen molar-refractivity contribution in [1.29, 1.82) is 0 Å². The molecule has 1 heterocycles. The molecule has 1 aliphatic heterocycles. The fourth-order valence-electron chi connectivity index (χ4n) is 1.40. The van der Waals surface area contributed by atoms with Crippen molar-refractivity contribution in [3.63, 3.8) is 0 Å². The first-order valence-electron chi connectivity index (χ1n) is 4.18. The molecule has 0 N–H and O–H groups in total. The average molecular weight is 168 g/mol. The molecule has 0 aromatic rings. The highest BCUT2D eigenvalue weighted by Gasteiger charge is 2.51. The largest absolute Gasteiger partial charge is 0.487 e. The van der Waals surface area contributed by atoms with E-state index in [0.717, 1.165) is 5.57 Å². The standard InChI is InChI=1S/C10H16O2/c1-7-6-12-10(5,8(2)11)9(7,3)4/h6H,1-5H3. The van der Waals surface area contributed by atoms with Crippen molar-refractivity contribution < 1.29 is 9.53 Å². The van der Waals surface area contributed by atoms with Gasteiger partial charge in [0, 0.05) is 5.41 Å². The Kier molecular flexibility index (Phi) is 1.82. The van der Waals surface area contributed by atoms with Crippen molar-refractivity contribution in [2.75, 3.05) is 0 Å². The van der Waals surface area contributed by atoms with Crippen LogP contribution in [0.15, 0.2) is 11.8 Å². The molecular weight excluding hydrogens is 152 g/mol. The van der Waals surface area contributed by atoms with Crippen LogP contribution in [0.4, 0.5) is 0 Å². The van der Waals surface area contributed by atoms with Crippen LogP contribution in [0.5, 0.6) is 0 Å². The van der Waals surface area contributed by atoms with E-state index in [0.29, 0.717) is 0 Å². The monoisotopic (exact) mass is 168 g/mol. The zero-order valence-electron chi connectivity index (χ0n) is 8.39. The zero-order valence-corrected chi connectivity index (χ0v) is 8.39. The second-order valence-corrected chi connectivity index (χ2v) is 4.13. The summed E-state index contributed by atoms with van der Waals surface area (Å²) in [4.78, 5) is 11.4. The summed E-state index contributed by atoms with van der Waals surface area (Å²) >= 11 is 0. The van der Waals surface area contributed by atoms with Crippen LogP contribution >= 0.6 is 0 Å². The lowest BCUT2D eigenvalue weighted by molar-refractivity contribution is -0.139. The molecule has 12 heavy (non-hydrogen) atoms. The molecular formula is C10H16O2. The number of hydrogen-bond acceptors (Lipinski definition) is 2. The summed E-state index contributed by atoms with van der Waals surface area (Å²) in [5.74, 6) is 0.0839. The van der Waals surface area contributed by atoms with Crippen LogP contribution in [0.3, 0.4) is 0 Å². The second-order valence-electron chi connectivity index (χ2n) is 4.13. The number of Topliss-reactive ketones (excluding diaryl/α,β-unsaturated/α-hetero) is 1. The Morgan fingerprint density at radius 2 is 1.92 bits per heavy atom. The van der Waals surface area contributed by atoms with Gasteiger partial charge in [-0.1, -0.05) is 13.8 Å². The molecule has 0 aromatic carbocycles. The maximum absolute atomic E-state index is 11.4. The smallest absolute Gasteiger partial charge is 0.173 e. The van der Waals surface area contributed by atoms with Crippen molar-refractivity contribution >= 4 is 5.78 Å². The topological polar surface area (TPSA) is 26.3 Å². The van der Waals surface area contributed by atoms with Gasteiger partial charge >= 0.3 is 0 Å². The Morgan fingerprint density at radius 3 is 2.08 bits per heavy atom. The van der Waals surface area contributed by atoms with Gasteiger partial charge in [0.15, 0.2) is 11.4 Å². The highest BCUT2D eigenvalue weighted by atomic mass is 16.5. The van der Waals surface area contributed by atoms with E-state index in [2.05, 4.69) is 0 Å². The Balaban J connectivity index is 3.08. The summed E-state index contributed by atoms with van der Waals surface area (Å²) in [5, 5.41) is 0. The number of ketones is 1. The Morgan fingerprint density at radius 1 is 1.42 bits per heavy atom. The van der Waals surface area contributed by atoms with Crippen molar-refractivity contribution in [2.45, 2.75) is 40.2 Å². The van der Waals surface area contributed by atoms with Crippen LogP contribution < -0.4 is 0 Å². The van der Waals surface area contributed by atoms with Crippen LogP contribution in [-0.2, 0) is 9.53 Å². The van der Waals surface area contributed by atoms with Gasteiger partial charge in [0.25, 0.3) is 0 Å².